The number of ether oxygens (including phenoxy) is 3. The van der Waals surface area contributed by atoms with E-state index >= 15 is 0 Å². The third kappa shape index (κ3) is 54.7. The molecular weight excluding hydrogens is 865 g/mol. The van der Waals surface area contributed by atoms with Crippen molar-refractivity contribution >= 4 is 17.9 Å². The number of carbonyl (C=O) groups is 3. The summed E-state index contributed by atoms with van der Waals surface area (Å²) in [4.78, 5) is 38.0. The van der Waals surface area contributed by atoms with Gasteiger partial charge in [-0.3, -0.25) is 14.4 Å². The quantitative estimate of drug-likeness (QED) is 0.0262. The summed E-state index contributed by atoms with van der Waals surface area (Å²) in [5.74, 6) is -0.977. The Kier molecular flexibility index (Phi) is 54.0. The molecular formula is C64H104O6. The second kappa shape index (κ2) is 57.4. The molecule has 1 unspecified atom stereocenters. The third-order valence-corrected chi connectivity index (χ3v) is 11.7. The number of hydrogen-bond acceptors (Lipinski definition) is 6. The molecule has 0 aromatic rings. The van der Waals surface area contributed by atoms with Gasteiger partial charge in [-0.15, -0.1) is 0 Å². The van der Waals surface area contributed by atoms with Gasteiger partial charge in [-0.05, 0) is 109 Å². The van der Waals surface area contributed by atoms with Crippen molar-refractivity contribution in [2.75, 3.05) is 13.2 Å². The van der Waals surface area contributed by atoms with Gasteiger partial charge in [0.05, 0.1) is 0 Å². The average molecular weight is 970 g/mol. The standard InChI is InChI=1S/C64H104O6/c1-4-7-10-13-16-19-22-24-25-26-27-28-29-30-31-32-33-34-35-36-37-38-39-41-42-45-48-51-54-57-63(66)69-60-61(59-68-62(65)56-53-50-47-44-21-18-15-12-9-6-3)70-64(67)58-55-52-49-46-43-40-23-20-17-14-11-8-5-2/h7,10,16,19-20,23-25,27-28,30-31,33-34,36-37,39,41,45,48,61H,4-6,8-9,11-15,17-18,21-22,26,29,32,35,38,40,42-44,46-47,49-60H2,1-3H3/b10-7-,19-16-,23-20-,25-24-,28-27-,31-30-,34-33-,37-36-,41-39-,48-45-. The molecule has 0 aliphatic carbocycles. The van der Waals surface area contributed by atoms with Crippen LogP contribution in [0.15, 0.2) is 122 Å². The molecule has 0 aliphatic heterocycles. The number of allylic oxidation sites excluding steroid dienone is 20. The largest absolute Gasteiger partial charge is 0.462 e. The summed E-state index contributed by atoms with van der Waals surface area (Å²) < 4.78 is 16.7. The second-order valence-electron chi connectivity index (χ2n) is 18.5. The van der Waals surface area contributed by atoms with Crippen LogP contribution in [0.25, 0.3) is 0 Å². The van der Waals surface area contributed by atoms with Crippen LogP contribution in [0.1, 0.15) is 245 Å². The molecule has 1 atom stereocenters. The Balaban J connectivity index is 4.37. The van der Waals surface area contributed by atoms with Crippen molar-refractivity contribution in [2.45, 2.75) is 252 Å². The highest BCUT2D eigenvalue weighted by molar-refractivity contribution is 5.71. The van der Waals surface area contributed by atoms with Crippen molar-refractivity contribution in [1.82, 2.24) is 0 Å². The summed E-state index contributed by atoms with van der Waals surface area (Å²) >= 11 is 0. The van der Waals surface area contributed by atoms with Crippen molar-refractivity contribution in [2.24, 2.45) is 0 Å². The maximum Gasteiger partial charge on any atom is 0.306 e. The third-order valence-electron chi connectivity index (χ3n) is 11.7. The van der Waals surface area contributed by atoms with E-state index in [0.29, 0.717) is 19.3 Å². The zero-order valence-electron chi connectivity index (χ0n) is 45.2. The lowest BCUT2D eigenvalue weighted by atomic mass is 10.1. The molecule has 0 amide bonds. The minimum Gasteiger partial charge on any atom is -0.462 e. The van der Waals surface area contributed by atoms with Gasteiger partial charge in [0.1, 0.15) is 13.2 Å². The zero-order chi connectivity index (χ0) is 50.7. The first-order valence-corrected chi connectivity index (χ1v) is 28.5. The van der Waals surface area contributed by atoms with Crippen LogP contribution in [0, 0.1) is 0 Å². The molecule has 6 heteroatoms. The average Bonchev–Trinajstić information content (AvgIpc) is 3.36. The first-order valence-electron chi connectivity index (χ1n) is 28.5. The first-order chi connectivity index (χ1) is 34.5. The van der Waals surface area contributed by atoms with Gasteiger partial charge in [-0.25, -0.2) is 0 Å². The van der Waals surface area contributed by atoms with Crippen LogP contribution in [0.5, 0.6) is 0 Å². The second-order valence-corrected chi connectivity index (χ2v) is 18.5. The van der Waals surface area contributed by atoms with Crippen LogP contribution < -0.4 is 0 Å². The summed E-state index contributed by atoms with van der Waals surface area (Å²) in [6.45, 7) is 6.43. The fourth-order valence-electron chi connectivity index (χ4n) is 7.44. The number of carbonyl (C=O) groups excluding carboxylic acids is 3. The van der Waals surface area contributed by atoms with Crippen LogP contribution in [-0.2, 0) is 28.6 Å². The highest BCUT2D eigenvalue weighted by atomic mass is 16.6. The van der Waals surface area contributed by atoms with E-state index in [-0.39, 0.29) is 37.5 Å². The minimum atomic E-state index is -0.805. The molecule has 6 nitrogen and oxygen atoms in total. The minimum absolute atomic E-state index is 0.0999. The van der Waals surface area contributed by atoms with Gasteiger partial charge in [0.25, 0.3) is 0 Å². The molecule has 396 valence electrons. The lowest BCUT2D eigenvalue weighted by molar-refractivity contribution is -0.167. The van der Waals surface area contributed by atoms with Crippen LogP contribution in [0.4, 0.5) is 0 Å². The lowest BCUT2D eigenvalue weighted by Gasteiger charge is -2.18. The summed E-state index contributed by atoms with van der Waals surface area (Å²) in [7, 11) is 0. The molecule has 0 radical (unpaired) electrons. The van der Waals surface area contributed by atoms with Crippen molar-refractivity contribution in [3.63, 3.8) is 0 Å². The molecule has 0 spiro atoms. The van der Waals surface area contributed by atoms with E-state index in [4.69, 9.17) is 14.2 Å². The Morgan fingerprint density at radius 1 is 0.300 bits per heavy atom. The van der Waals surface area contributed by atoms with E-state index < -0.39 is 6.10 Å². The summed E-state index contributed by atoms with van der Waals surface area (Å²) in [6, 6.07) is 0. The van der Waals surface area contributed by atoms with Gasteiger partial charge < -0.3 is 14.2 Å². The van der Waals surface area contributed by atoms with Gasteiger partial charge in [-0.1, -0.05) is 239 Å². The topological polar surface area (TPSA) is 78.9 Å². The highest BCUT2D eigenvalue weighted by Crippen LogP contribution is 2.14. The van der Waals surface area contributed by atoms with Crippen molar-refractivity contribution < 1.29 is 28.6 Å². The van der Waals surface area contributed by atoms with Gasteiger partial charge in [0, 0.05) is 19.3 Å². The van der Waals surface area contributed by atoms with Crippen molar-refractivity contribution in [1.29, 1.82) is 0 Å². The van der Waals surface area contributed by atoms with Crippen molar-refractivity contribution in [3.05, 3.63) is 122 Å². The van der Waals surface area contributed by atoms with E-state index in [1.807, 2.05) is 0 Å². The predicted molar refractivity (Wildman–Crippen MR) is 302 cm³/mol. The Bertz CT molecular complexity index is 1490. The van der Waals surface area contributed by atoms with Crippen LogP contribution in [0.3, 0.4) is 0 Å². The van der Waals surface area contributed by atoms with Gasteiger partial charge in [0.15, 0.2) is 6.10 Å². The summed E-state index contributed by atoms with van der Waals surface area (Å²) in [5, 5.41) is 0. The molecule has 0 rings (SSSR count). The molecule has 70 heavy (non-hydrogen) atoms. The Labute approximate surface area is 431 Å². The monoisotopic (exact) mass is 969 g/mol. The maximum absolute atomic E-state index is 12.8. The van der Waals surface area contributed by atoms with Gasteiger partial charge in [-0.2, -0.15) is 0 Å². The van der Waals surface area contributed by atoms with E-state index in [1.54, 1.807) is 0 Å². The summed E-state index contributed by atoms with van der Waals surface area (Å²) in [6.07, 6.45) is 79.2. The van der Waals surface area contributed by atoms with E-state index in [0.717, 1.165) is 116 Å². The normalized spacial score (nSPS) is 13.0. The molecule has 0 fully saturated rings. The smallest absolute Gasteiger partial charge is 0.306 e. The zero-order valence-corrected chi connectivity index (χ0v) is 45.2. The molecule has 0 aromatic heterocycles. The van der Waals surface area contributed by atoms with Crippen LogP contribution in [-0.4, -0.2) is 37.2 Å². The molecule has 0 bridgehead atoms. The number of unbranched alkanes of at least 4 members (excludes halogenated alkanes) is 19. The molecule has 0 saturated carbocycles. The molecule has 0 aliphatic rings. The number of hydrogen-bond donors (Lipinski definition) is 0. The van der Waals surface area contributed by atoms with E-state index in [2.05, 4.69) is 142 Å². The van der Waals surface area contributed by atoms with E-state index in [1.165, 1.54) is 83.5 Å². The lowest BCUT2D eigenvalue weighted by Crippen LogP contribution is -2.30. The molecule has 0 N–H and O–H groups in total. The SMILES string of the molecule is CC/C=C\C/C=C\C/C=C\C/C=C\C/C=C\C/C=C\C/C=C\C/C=C\C/C=C\CCCC(=O)OCC(COC(=O)CCCCCCCCCCCC)OC(=O)CCCCCCC/C=C\CCCCCC. The Hall–Kier alpha value is -4.19. The molecule has 0 aromatic carbocycles. The Morgan fingerprint density at radius 3 is 0.957 bits per heavy atom. The molecule has 0 saturated heterocycles. The number of esters is 3. The van der Waals surface area contributed by atoms with Gasteiger partial charge in [0.2, 0.25) is 0 Å². The number of rotatable bonds is 50. The fourth-order valence-corrected chi connectivity index (χ4v) is 7.44. The van der Waals surface area contributed by atoms with E-state index in [9.17, 15) is 14.4 Å². The Morgan fingerprint density at radius 2 is 0.571 bits per heavy atom. The van der Waals surface area contributed by atoms with Crippen LogP contribution >= 0.6 is 0 Å². The van der Waals surface area contributed by atoms with Crippen LogP contribution in [0.2, 0.25) is 0 Å². The predicted octanol–water partition coefficient (Wildman–Crippen LogP) is 19.3. The highest BCUT2D eigenvalue weighted by Gasteiger charge is 2.19. The first kappa shape index (κ1) is 65.8. The van der Waals surface area contributed by atoms with Gasteiger partial charge >= 0.3 is 17.9 Å². The molecule has 0 heterocycles. The van der Waals surface area contributed by atoms with Crippen molar-refractivity contribution in [3.8, 4) is 0 Å². The summed E-state index contributed by atoms with van der Waals surface area (Å²) in [5.41, 5.74) is 0. The fraction of sp³-hybridized carbons (Fsp3) is 0.641. The maximum atomic E-state index is 12.8.